The summed E-state index contributed by atoms with van der Waals surface area (Å²) in [6, 6.07) is 7.89. The van der Waals surface area contributed by atoms with Crippen LogP contribution >= 0.6 is 22.9 Å². The van der Waals surface area contributed by atoms with Gasteiger partial charge in [0.2, 0.25) is 0 Å². The van der Waals surface area contributed by atoms with Crippen molar-refractivity contribution >= 4 is 28.9 Å². The molecule has 0 aliphatic heterocycles. The standard InChI is InChI=1S/C17H23ClN4S/c1-4-15-11-21-16(23-15)9-10-20-17(19-2)22(3)12-13-5-7-14(18)8-6-13/h5-8,11H,4,9-10,12H2,1-3H3,(H,19,20). The Hall–Kier alpha value is -1.59. The van der Waals surface area contributed by atoms with Crippen molar-refractivity contribution in [3.63, 3.8) is 0 Å². The third-order valence-corrected chi connectivity index (χ3v) is 4.93. The Kier molecular flexibility index (Phi) is 6.86. The number of guanidine groups is 1. The van der Waals surface area contributed by atoms with E-state index in [9.17, 15) is 0 Å². The zero-order chi connectivity index (χ0) is 16.7. The second-order valence-corrected chi connectivity index (χ2v) is 6.92. The minimum Gasteiger partial charge on any atom is -0.356 e. The van der Waals surface area contributed by atoms with Gasteiger partial charge in [-0.3, -0.25) is 4.99 Å². The maximum absolute atomic E-state index is 5.92. The first-order valence-corrected chi connectivity index (χ1v) is 8.91. The normalized spacial score (nSPS) is 11.6. The average Bonchev–Trinajstić information content (AvgIpc) is 3.01. The number of nitrogens with zero attached hydrogens (tertiary/aromatic N) is 3. The highest BCUT2D eigenvalue weighted by Gasteiger charge is 2.07. The van der Waals surface area contributed by atoms with Crippen molar-refractivity contribution in [2.24, 2.45) is 4.99 Å². The molecule has 2 rings (SSSR count). The molecule has 1 heterocycles. The molecule has 0 fully saturated rings. The molecule has 0 saturated heterocycles. The first-order valence-electron chi connectivity index (χ1n) is 7.72. The molecule has 0 unspecified atom stereocenters. The third-order valence-electron chi connectivity index (χ3n) is 3.48. The summed E-state index contributed by atoms with van der Waals surface area (Å²) in [4.78, 5) is 12.2. The summed E-state index contributed by atoms with van der Waals surface area (Å²) in [6.07, 6.45) is 3.94. The predicted molar refractivity (Wildman–Crippen MR) is 99.5 cm³/mol. The molecule has 0 bridgehead atoms. The molecule has 0 atom stereocenters. The molecule has 0 radical (unpaired) electrons. The van der Waals surface area contributed by atoms with Crippen molar-refractivity contribution in [2.45, 2.75) is 26.3 Å². The lowest BCUT2D eigenvalue weighted by Gasteiger charge is -2.22. The van der Waals surface area contributed by atoms with Gasteiger partial charge in [-0.15, -0.1) is 11.3 Å². The lowest BCUT2D eigenvalue weighted by Crippen LogP contribution is -2.39. The van der Waals surface area contributed by atoms with Gasteiger partial charge in [0.05, 0.1) is 5.01 Å². The highest BCUT2D eigenvalue weighted by molar-refractivity contribution is 7.11. The quantitative estimate of drug-likeness (QED) is 0.639. The molecular formula is C17H23ClN4S. The van der Waals surface area contributed by atoms with Crippen LogP contribution in [0.4, 0.5) is 0 Å². The molecule has 0 aliphatic rings. The molecule has 4 nitrogen and oxygen atoms in total. The zero-order valence-electron chi connectivity index (χ0n) is 13.8. The van der Waals surface area contributed by atoms with Crippen LogP contribution in [0, 0.1) is 0 Å². The number of hydrogen-bond acceptors (Lipinski definition) is 3. The van der Waals surface area contributed by atoms with E-state index in [1.807, 2.05) is 37.5 Å². The summed E-state index contributed by atoms with van der Waals surface area (Å²) in [5.74, 6) is 0.882. The molecule has 1 aromatic carbocycles. The van der Waals surface area contributed by atoms with Crippen LogP contribution in [0.1, 0.15) is 22.4 Å². The molecule has 2 aromatic rings. The van der Waals surface area contributed by atoms with Crippen LogP contribution in [0.2, 0.25) is 5.02 Å². The number of aromatic nitrogens is 1. The molecule has 0 spiro atoms. The minimum absolute atomic E-state index is 0.758. The lowest BCUT2D eigenvalue weighted by atomic mass is 10.2. The fourth-order valence-corrected chi connectivity index (χ4v) is 3.22. The third kappa shape index (κ3) is 5.52. The van der Waals surface area contributed by atoms with Crippen molar-refractivity contribution in [1.29, 1.82) is 0 Å². The number of nitrogens with one attached hydrogen (secondary N) is 1. The van der Waals surface area contributed by atoms with E-state index in [1.165, 1.54) is 15.4 Å². The SMILES string of the molecule is CCc1cnc(CCNC(=NC)N(C)Cc2ccc(Cl)cc2)s1. The molecular weight excluding hydrogens is 328 g/mol. The summed E-state index contributed by atoms with van der Waals surface area (Å²) >= 11 is 7.71. The van der Waals surface area contributed by atoms with Crippen LogP contribution in [0.15, 0.2) is 35.5 Å². The summed E-state index contributed by atoms with van der Waals surface area (Å²) in [7, 11) is 3.84. The van der Waals surface area contributed by atoms with Crippen molar-refractivity contribution in [1.82, 2.24) is 15.2 Å². The maximum atomic E-state index is 5.92. The van der Waals surface area contributed by atoms with Gasteiger partial charge in [0.15, 0.2) is 5.96 Å². The van der Waals surface area contributed by atoms with Gasteiger partial charge >= 0.3 is 0 Å². The number of thiazole rings is 1. The highest BCUT2D eigenvalue weighted by atomic mass is 35.5. The average molecular weight is 351 g/mol. The molecule has 1 aromatic heterocycles. The van der Waals surface area contributed by atoms with Gasteiger partial charge in [0.1, 0.15) is 0 Å². The van der Waals surface area contributed by atoms with E-state index in [1.54, 1.807) is 18.4 Å². The second kappa shape index (κ2) is 8.89. The van der Waals surface area contributed by atoms with Crippen molar-refractivity contribution in [3.05, 3.63) is 50.9 Å². The van der Waals surface area contributed by atoms with Crippen LogP contribution in [-0.2, 0) is 19.4 Å². The number of rotatable bonds is 6. The molecule has 0 amide bonds. The first kappa shape index (κ1) is 17.8. The molecule has 124 valence electrons. The molecule has 0 saturated carbocycles. The van der Waals surface area contributed by atoms with Crippen LogP contribution in [0.3, 0.4) is 0 Å². The van der Waals surface area contributed by atoms with Gasteiger partial charge in [-0.05, 0) is 24.1 Å². The second-order valence-electron chi connectivity index (χ2n) is 5.28. The monoisotopic (exact) mass is 350 g/mol. The van der Waals surface area contributed by atoms with Crippen LogP contribution < -0.4 is 5.32 Å². The van der Waals surface area contributed by atoms with Crippen LogP contribution in [0.5, 0.6) is 0 Å². The summed E-state index contributed by atoms with van der Waals surface area (Å²) in [5.41, 5.74) is 1.20. The first-order chi connectivity index (χ1) is 11.1. The maximum Gasteiger partial charge on any atom is 0.193 e. The van der Waals surface area contributed by atoms with Crippen LogP contribution in [-0.4, -0.2) is 36.5 Å². The van der Waals surface area contributed by atoms with E-state index in [4.69, 9.17) is 11.6 Å². The minimum atomic E-state index is 0.758. The van der Waals surface area contributed by atoms with E-state index in [-0.39, 0.29) is 0 Å². The smallest absolute Gasteiger partial charge is 0.193 e. The number of benzene rings is 1. The van der Waals surface area contributed by atoms with E-state index in [0.29, 0.717) is 0 Å². The molecule has 23 heavy (non-hydrogen) atoms. The number of aliphatic imine (C=N–C) groups is 1. The Bertz CT molecular complexity index is 636. The molecule has 1 N–H and O–H groups in total. The Labute approximate surface area is 147 Å². The number of aryl methyl sites for hydroxylation is 1. The van der Waals surface area contributed by atoms with E-state index in [0.717, 1.165) is 36.9 Å². The van der Waals surface area contributed by atoms with E-state index >= 15 is 0 Å². The van der Waals surface area contributed by atoms with Gasteiger partial charge in [-0.1, -0.05) is 30.7 Å². The number of halogens is 1. The van der Waals surface area contributed by atoms with Crippen molar-refractivity contribution in [2.75, 3.05) is 20.6 Å². The van der Waals surface area contributed by atoms with Gasteiger partial charge in [0.25, 0.3) is 0 Å². The zero-order valence-corrected chi connectivity index (χ0v) is 15.4. The molecule has 6 heteroatoms. The fraction of sp³-hybridized carbons (Fsp3) is 0.412. The predicted octanol–water partition coefficient (Wildman–Crippen LogP) is 3.61. The van der Waals surface area contributed by atoms with Crippen molar-refractivity contribution < 1.29 is 0 Å². The van der Waals surface area contributed by atoms with Crippen LogP contribution in [0.25, 0.3) is 0 Å². The van der Waals surface area contributed by atoms with Gasteiger partial charge in [0, 0.05) is 49.7 Å². The van der Waals surface area contributed by atoms with Crippen molar-refractivity contribution in [3.8, 4) is 0 Å². The van der Waals surface area contributed by atoms with E-state index in [2.05, 4.69) is 27.1 Å². The molecule has 0 aliphatic carbocycles. The summed E-state index contributed by atoms with van der Waals surface area (Å²) < 4.78 is 0. The van der Waals surface area contributed by atoms with Gasteiger partial charge < -0.3 is 10.2 Å². The topological polar surface area (TPSA) is 40.5 Å². The Morgan fingerprint density at radius 1 is 1.35 bits per heavy atom. The van der Waals surface area contributed by atoms with Gasteiger partial charge in [-0.25, -0.2) is 4.98 Å². The number of hydrogen-bond donors (Lipinski definition) is 1. The van der Waals surface area contributed by atoms with E-state index < -0.39 is 0 Å². The van der Waals surface area contributed by atoms with Gasteiger partial charge in [-0.2, -0.15) is 0 Å². The largest absolute Gasteiger partial charge is 0.356 e. The lowest BCUT2D eigenvalue weighted by molar-refractivity contribution is 0.477. The Balaban J connectivity index is 1.83. The highest BCUT2D eigenvalue weighted by Crippen LogP contribution is 2.13. The Morgan fingerprint density at radius 3 is 2.70 bits per heavy atom. The fourth-order valence-electron chi connectivity index (χ4n) is 2.23. The summed E-state index contributed by atoms with van der Waals surface area (Å²) in [5, 5.41) is 5.32. The summed E-state index contributed by atoms with van der Waals surface area (Å²) in [6.45, 7) is 3.77. The Morgan fingerprint density at radius 2 is 2.09 bits per heavy atom.